The van der Waals surface area contributed by atoms with Crippen molar-refractivity contribution in [3.63, 3.8) is 0 Å². The van der Waals surface area contributed by atoms with Crippen LogP contribution in [0.4, 0.5) is 5.69 Å². The SMILES string of the molecule is NCC1(CC(=O)Nc2c(Cl)ncnc2Cl)CCCCC1. The molecule has 20 heavy (non-hydrogen) atoms. The maximum atomic E-state index is 12.2. The van der Waals surface area contributed by atoms with E-state index in [1.165, 1.54) is 12.7 Å². The van der Waals surface area contributed by atoms with Crippen LogP contribution in [0.15, 0.2) is 6.33 Å². The quantitative estimate of drug-likeness (QED) is 0.837. The predicted octanol–water partition coefficient (Wildman–Crippen LogP) is 3.02. The maximum Gasteiger partial charge on any atom is 0.225 e. The molecule has 1 aromatic rings. The highest BCUT2D eigenvalue weighted by Gasteiger charge is 2.33. The molecule has 0 radical (unpaired) electrons. The molecule has 1 fully saturated rings. The number of hydrogen-bond acceptors (Lipinski definition) is 4. The first kappa shape index (κ1) is 15.5. The van der Waals surface area contributed by atoms with Gasteiger partial charge in [0.05, 0.1) is 0 Å². The van der Waals surface area contributed by atoms with Gasteiger partial charge in [0, 0.05) is 6.42 Å². The van der Waals surface area contributed by atoms with Crippen molar-refractivity contribution in [2.24, 2.45) is 11.1 Å². The van der Waals surface area contributed by atoms with E-state index in [0.29, 0.717) is 13.0 Å². The van der Waals surface area contributed by atoms with Crippen LogP contribution in [0.3, 0.4) is 0 Å². The summed E-state index contributed by atoms with van der Waals surface area (Å²) in [6.45, 7) is 0.521. The van der Waals surface area contributed by atoms with E-state index in [-0.39, 0.29) is 27.3 Å². The van der Waals surface area contributed by atoms with Crippen LogP contribution < -0.4 is 11.1 Å². The number of nitrogens with one attached hydrogen (secondary N) is 1. The Morgan fingerprint density at radius 3 is 2.40 bits per heavy atom. The third kappa shape index (κ3) is 3.59. The summed E-state index contributed by atoms with van der Waals surface area (Å²) >= 11 is 11.8. The van der Waals surface area contributed by atoms with E-state index < -0.39 is 0 Å². The Hall–Kier alpha value is -0.910. The van der Waals surface area contributed by atoms with Gasteiger partial charge in [0.1, 0.15) is 12.0 Å². The maximum absolute atomic E-state index is 12.2. The van der Waals surface area contributed by atoms with Crippen LogP contribution in [0.5, 0.6) is 0 Å². The normalized spacial score (nSPS) is 17.8. The zero-order valence-corrected chi connectivity index (χ0v) is 12.7. The summed E-state index contributed by atoms with van der Waals surface area (Å²) < 4.78 is 0. The zero-order valence-electron chi connectivity index (χ0n) is 11.2. The number of nitrogens with zero attached hydrogens (tertiary/aromatic N) is 2. The first-order valence-corrected chi connectivity index (χ1v) is 7.48. The molecule has 0 aromatic carbocycles. The van der Waals surface area contributed by atoms with Gasteiger partial charge in [0.25, 0.3) is 0 Å². The number of carbonyl (C=O) groups excluding carboxylic acids is 1. The molecule has 1 heterocycles. The minimum absolute atomic E-state index is 0.100. The molecule has 0 saturated heterocycles. The molecule has 0 atom stereocenters. The molecule has 0 bridgehead atoms. The van der Waals surface area contributed by atoms with E-state index >= 15 is 0 Å². The number of rotatable bonds is 4. The van der Waals surface area contributed by atoms with E-state index in [1.807, 2.05) is 0 Å². The molecule has 1 aliphatic carbocycles. The summed E-state index contributed by atoms with van der Waals surface area (Å²) in [7, 11) is 0. The molecule has 5 nitrogen and oxygen atoms in total. The Kier molecular flexibility index (Phi) is 5.18. The second-order valence-electron chi connectivity index (χ2n) is 5.32. The lowest BCUT2D eigenvalue weighted by molar-refractivity contribution is -0.118. The van der Waals surface area contributed by atoms with Gasteiger partial charge in [-0.05, 0) is 24.8 Å². The predicted molar refractivity (Wildman–Crippen MR) is 79.9 cm³/mol. The molecule has 3 N–H and O–H groups in total. The van der Waals surface area contributed by atoms with Gasteiger partial charge >= 0.3 is 0 Å². The fourth-order valence-electron chi connectivity index (χ4n) is 2.73. The summed E-state index contributed by atoms with van der Waals surface area (Å²) in [4.78, 5) is 19.8. The average Bonchev–Trinajstić information content (AvgIpc) is 2.44. The minimum Gasteiger partial charge on any atom is -0.330 e. The summed E-state index contributed by atoms with van der Waals surface area (Å²) in [5.41, 5.74) is 6.05. The van der Waals surface area contributed by atoms with Gasteiger partial charge in [-0.2, -0.15) is 0 Å². The van der Waals surface area contributed by atoms with Crippen LogP contribution in [-0.4, -0.2) is 22.4 Å². The lowest BCUT2D eigenvalue weighted by Gasteiger charge is -2.35. The van der Waals surface area contributed by atoms with Crippen LogP contribution in [0.1, 0.15) is 38.5 Å². The number of halogens is 2. The Bertz CT molecular complexity index is 469. The Morgan fingerprint density at radius 2 is 1.85 bits per heavy atom. The van der Waals surface area contributed by atoms with Crippen LogP contribution >= 0.6 is 23.2 Å². The van der Waals surface area contributed by atoms with Gasteiger partial charge in [0.2, 0.25) is 5.91 Å². The number of nitrogens with two attached hydrogens (primary N) is 1. The number of hydrogen-bond donors (Lipinski definition) is 2. The van der Waals surface area contributed by atoms with Gasteiger partial charge in [-0.3, -0.25) is 4.79 Å². The van der Waals surface area contributed by atoms with E-state index in [2.05, 4.69) is 15.3 Å². The molecule has 1 saturated carbocycles. The van der Waals surface area contributed by atoms with Crippen molar-refractivity contribution in [2.75, 3.05) is 11.9 Å². The van der Waals surface area contributed by atoms with Crippen molar-refractivity contribution in [2.45, 2.75) is 38.5 Å². The lowest BCUT2D eigenvalue weighted by atomic mass is 9.71. The van der Waals surface area contributed by atoms with Crippen LogP contribution in [0.2, 0.25) is 10.3 Å². The largest absolute Gasteiger partial charge is 0.330 e. The highest BCUT2D eigenvalue weighted by Crippen LogP contribution is 2.39. The van der Waals surface area contributed by atoms with E-state index in [4.69, 9.17) is 28.9 Å². The van der Waals surface area contributed by atoms with Crippen molar-refractivity contribution >= 4 is 34.8 Å². The summed E-state index contributed by atoms with van der Waals surface area (Å²) in [6, 6.07) is 0. The van der Waals surface area contributed by atoms with E-state index in [0.717, 1.165) is 25.7 Å². The molecule has 1 aliphatic rings. The average molecular weight is 317 g/mol. The molecular weight excluding hydrogens is 299 g/mol. The second kappa shape index (κ2) is 6.70. The Morgan fingerprint density at radius 1 is 1.25 bits per heavy atom. The van der Waals surface area contributed by atoms with Gasteiger partial charge in [-0.25, -0.2) is 9.97 Å². The summed E-state index contributed by atoms with van der Waals surface area (Å²) in [5, 5.41) is 2.99. The van der Waals surface area contributed by atoms with Gasteiger partial charge in [-0.15, -0.1) is 0 Å². The monoisotopic (exact) mass is 316 g/mol. The third-order valence-corrected chi connectivity index (χ3v) is 4.48. The highest BCUT2D eigenvalue weighted by molar-refractivity contribution is 6.38. The van der Waals surface area contributed by atoms with Crippen LogP contribution in [-0.2, 0) is 4.79 Å². The molecule has 1 amide bonds. The van der Waals surface area contributed by atoms with Crippen molar-refractivity contribution in [1.82, 2.24) is 9.97 Å². The van der Waals surface area contributed by atoms with Crippen LogP contribution in [0, 0.1) is 5.41 Å². The fraction of sp³-hybridized carbons (Fsp3) is 0.615. The van der Waals surface area contributed by atoms with Gasteiger partial charge < -0.3 is 11.1 Å². The second-order valence-corrected chi connectivity index (χ2v) is 6.04. The Balaban J connectivity index is 2.05. The van der Waals surface area contributed by atoms with Crippen molar-refractivity contribution in [3.05, 3.63) is 16.6 Å². The molecular formula is C13H18Cl2N4O. The Labute approximate surface area is 128 Å². The molecule has 0 unspecified atom stereocenters. The van der Waals surface area contributed by atoms with E-state index in [9.17, 15) is 4.79 Å². The van der Waals surface area contributed by atoms with Crippen LogP contribution in [0.25, 0.3) is 0 Å². The smallest absolute Gasteiger partial charge is 0.225 e. The highest BCUT2D eigenvalue weighted by atomic mass is 35.5. The summed E-state index contributed by atoms with van der Waals surface area (Å²) in [6.07, 6.45) is 7.08. The first-order valence-electron chi connectivity index (χ1n) is 6.72. The lowest BCUT2D eigenvalue weighted by Crippen LogP contribution is -2.36. The zero-order chi connectivity index (χ0) is 14.6. The molecule has 0 aliphatic heterocycles. The van der Waals surface area contributed by atoms with E-state index in [1.54, 1.807) is 0 Å². The van der Waals surface area contributed by atoms with Crippen molar-refractivity contribution in [1.29, 1.82) is 0 Å². The molecule has 1 aromatic heterocycles. The summed E-state index contributed by atoms with van der Waals surface area (Å²) in [5.74, 6) is -0.143. The number of anilines is 1. The minimum atomic E-state index is -0.143. The number of amides is 1. The standard InChI is InChI=1S/C13H18Cl2N4O/c14-11-10(12(15)18-8-17-11)19-9(20)6-13(7-16)4-2-1-3-5-13/h8H,1-7,16H2,(H,19,20). The topological polar surface area (TPSA) is 80.9 Å². The number of aromatic nitrogens is 2. The van der Waals surface area contributed by atoms with Gasteiger partial charge in [-0.1, -0.05) is 42.5 Å². The van der Waals surface area contributed by atoms with Crippen molar-refractivity contribution < 1.29 is 4.79 Å². The molecule has 0 spiro atoms. The number of carbonyl (C=O) groups is 1. The molecule has 2 rings (SSSR count). The van der Waals surface area contributed by atoms with Crippen molar-refractivity contribution in [3.8, 4) is 0 Å². The molecule has 110 valence electrons. The first-order chi connectivity index (χ1) is 9.56. The van der Waals surface area contributed by atoms with Gasteiger partial charge in [0.15, 0.2) is 10.3 Å². The molecule has 7 heteroatoms. The fourth-order valence-corrected chi connectivity index (χ4v) is 3.14. The third-order valence-electron chi connectivity index (χ3n) is 3.90.